The lowest BCUT2D eigenvalue weighted by atomic mass is 10.1. The second-order valence-corrected chi connectivity index (χ2v) is 3.20. The first-order valence-electron chi connectivity index (χ1n) is 4.51. The van der Waals surface area contributed by atoms with E-state index in [1.54, 1.807) is 13.1 Å². The van der Waals surface area contributed by atoms with Gasteiger partial charge in [0.05, 0.1) is 6.42 Å². The molecule has 1 aromatic heterocycles. The molecule has 0 unspecified atom stereocenters. The highest BCUT2D eigenvalue weighted by molar-refractivity contribution is 5.97. The van der Waals surface area contributed by atoms with Gasteiger partial charge in [0.1, 0.15) is 5.69 Å². The molecule has 2 heteroatoms. The lowest BCUT2D eigenvalue weighted by Gasteiger charge is -2.01. The summed E-state index contributed by atoms with van der Waals surface area (Å²) >= 11 is 0. The molecular weight excluding hydrogens is 174 g/mol. The molecule has 0 atom stereocenters. The summed E-state index contributed by atoms with van der Waals surface area (Å²) in [5, 5.41) is 0. The van der Waals surface area contributed by atoms with Gasteiger partial charge in [0.15, 0.2) is 5.78 Å². The van der Waals surface area contributed by atoms with Gasteiger partial charge in [0.2, 0.25) is 0 Å². The Hall–Kier alpha value is -1.62. The number of rotatable bonds is 2. The number of pyridine rings is 1. The summed E-state index contributed by atoms with van der Waals surface area (Å²) in [4.78, 5) is 15.7. The molecule has 0 aliphatic heterocycles. The van der Waals surface area contributed by atoms with Crippen LogP contribution < -0.4 is 0 Å². The van der Waals surface area contributed by atoms with Crippen molar-refractivity contribution in [3.8, 4) is 11.8 Å². The van der Waals surface area contributed by atoms with E-state index in [0.717, 1.165) is 11.1 Å². The highest BCUT2D eigenvalue weighted by Gasteiger charge is 2.08. The number of hydrogen-bond donors (Lipinski definition) is 0. The lowest BCUT2D eigenvalue weighted by Crippen LogP contribution is -2.04. The lowest BCUT2D eigenvalue weighted by molar-refractivity contribution is 0.0993. The Morgan fingerprint density at radius 1 is 1.50 bits per heavy atom. The molecule has 0 aliphatic rings. The number of nitrogens with zero attached hydrogens (tertiary/aromatic N) is 1. The van der Waals surface area contributed by atoms with Crippen LogP contribution in [0.15, 0.2) is 12.3 Å². The van der Waals surface area contributed by atoms with Crippen LogP contribution in [0.4, 0.5) is 0 Å². The third-order valence-corrected chi connectivity index (χ3v) is 1.90. The van der Waals surface area contributed by atoms with Crippen molar-refractivity contribution in [3.05, 3.63) is 29.1 Å². The predicted molar refractivity (Wildman–Crippen MR) is 56.1 cm³/mol. The molecule has 0 fully saturated rings. The van der Waals surface area contributed by atoms with Gasteiger partial charge >= 0.3 is 0 Å². The molecule has 0 amide bonds. The fraction of sp³-hybridized carbons (Fsp3) is 0.333. The molecule has 1 aromatic rings. The number of ketones is 1. The maximum absolute atomic E-state index is 11.6. The van der Waals surface area contributed by atoms with Crippen LogP contribution in [-0.4, -0.2) is 10.8 Å². The van der Waals surface area contributed by atoms with Crippen molar-refractivity contribution >= 4 is 5.78 Å². The Balaban J connectivity index is 2.94. The van der Waals surface area contributed by atoms with Crippen molar-refractivity contribution in [1.29, 1.82) is 0 Å². The van der Waals surface area contributed by atoms with Gasteiger partial charge < -0.3 is 0 Å². The van der Waals surface area contributed by atoms with Crippen LogP contribution in [0.2, 0.25) is 0 Å². The zero-order chi connectivity index (χ0) is 10.6. The van der Waals surface area contributed by atoms with E-state index in [-0.39, 0.29) is 12.2 Å². The Labute approximate surface area is 84.4 Å². The molecule has 0 radical (unpaired) electrons. The minimum Gasteiger partial charge on any atom is -0.291 e. The van der Waals surface area contributed by atoms with E-state index < -0.39 is 0 Å². The van der Waals surface area contributed by atoms with Gasteiger partial charge in [-0.25, -0.2) is 0 Å². The summed E-state index contributed by atoms with van der Waals surface area (Å²) in [6.07, 6.45) is 1.97. The largest absolute Gasteiger partial charge is 0.291 e. The SMILES string of the molecule is CC#CCC(=O)c1ncc(C)cc1C. The minimum absolute atomic E-state index is 0.00292. The Morgan fingerprint density at radius 2 is 2.21 bits per heavy atom. The fourth-order valence-electron chi connectivity index (χ4n) is 1.26. The normalized spacial score (nSPS) is 9.07. The van der Waals surface area contributed by atoms with Crippen LogP contribution in [0, 0.1) is 25.7 Å². The number of Topliss-reactive ketones (excluding diaryl/α,β-unsaturated/α-hetero) is 1. The van der Waals surface area contributed by atoms with Crippen molar-refractivity contribution < 1.29 is 4.79 Å². The van der Waals surface area contributed by atoms with Crippen molar-refractivity contribution in [2.45, 2.75) is 27.2 Å². The molecule has 2 nitrogen and oxygen atoms in total. The zero-order valence-corrected chi connectivity index (χ0v) is 8.72. The van der Waals surface area contributed by atoms with Gasteiger partial charge in [-0.3, -0.25) is 9.78 Å². The van der Waals surface area contributed by atoms with Crippen LogP contribution in [0.5, 0.6) is 0 Å². The topological polar surface area (TPSA) is 30.0 Å². The molecular formula is C12H13NO. The van der Waals surface area contributed by atoms with E-state index in [1.807, 2.05) is 19.9 Å². The highest BCUT2D eigenvalue weighted by Crippen LogP contribution is 2.08. The molecule has 0 spiro atoms. The summed E-state index contributed by atoms with van der Waals surface area (Å²) in [5.74, 6) is 5.45. The van der Waals surface area contributed by atoms with E-state index in [2.05, 4.69) is 16.8 Å². The summed E-state index contributed by atoms with van der Waals surface area (Å²) in [6, 6.07) is 1.96. The molecule has 0 aromatic carbocycles. The van der Waals surface area contributed by atoms with Crippen molar-refractivity contribution in [1.82, 2.24) is 4.98 Å². The van der Waals surface area contributed by atoms with E-state index >= 15 is 0 Å². The van der Waals surface area contributed by atoms with E-state index in [9.17, 15) is 4.79 Å². The fourth-order valence-corrected chi connectivity index (χ4v) is 1.26. The Bertz CT molecular complexity index is 410. The second kappa shape index (κ2) is 4.57. The monoisotopic (exact) mass is 187 g/mol. The number of aryl methyl sites for hydroxylation is 2. The third-order valence-electron chi connectivity index (χ3n) is 1.90. The van der Waals surface area contributed by atoms with Crippen LogP contribution in [0.1, 0.15) is 35.0 Å². The van der Waals surface area contributed by atoms with Crippen molar-refractivity contribution in [2.24, 2.45) is 0 Å². The van der Waals surface area contributed by atoms with Gasteiger partial charge in [-0.05, 0) is 31.9 Å². The number of carbonyl (C=O) groups is 1. The molecule has 14 heavy (non-hydrogen) atoms. The van der Waals surface area contributed by atoms with E-state index in [1.165, 1.54) is 0 Å². The summed E-state index contributed by atoms with van der Waals surface area (Å²) < 4.78 is 0. The van der Waals surface area contributed by atoms with Crippen LogP contribution in [-0.2, 0) is 0 Å². The smallest absolute Gasteiger partial charge is 0.193 e. The average molecular weight is 187 g/mol. The van der Waals surface area contributed by atoms with Crippen LogP contribution in [0.25, 0.3) is 0 Å². The quantitative estimate of drug-likeness (QED) is 0.525. The van der Waals surface area contributed by atoms with Crippen LogP contribution >= 0.6 is 0 Å². The first-order chi connectivity index (χ1) is 6.65. The first kappa shape index (κ1) is 10.5. The number of aromatic nitrogens is 1. The molecule has 72 valence electrons. The zero-order valence-electron chi connectivity index (χ0n) is 8.72. The molecule has 0 aliphatic carbocycles. The van der Waals surface area contributed by atoms with E-state index in [4.69, 9.17) is 0 Å². The number of carbonyl (C=O) groups excluding carboxylic acids is 1. The standard InChI is InChI=1S/C12H13NO/c1-4-5-6-11(14)12-10(3)7-9(2)8-13-12/h7-8H,6H2,1-3H3. The van der Waals surface area contributed by atoms with Gasteiger partial charge in [-0.2, -0.15) is 0 Å². The van der Waals surface area contributed by atoms with E-state index in [0.29, 0.717) is 5.69 Å². The summed E-state index contributed by atoms with van der Waals surface area (Å²) in [6.45, 7) is 5.58. The van der Waals surface area contributed by atoms with Gasteiger partial charge in [-0.15, -0.1) is 5.92 Å². The van der Waals surface area contributed by atoms with Crippen LogP contribution in [0.3, 0.4) is 0 Å². The first-order valence-corrected chi connectivity index (χ1v) is 4.51. The molecule has 0 N–H and O–H groups in total. The molecule has 0 saturated carbocycles. The summed E-state index contributed by atoms with van der Waals surface area (Å²) in [5.41, 5.74) is 2.53. The Kier molecular flexibility index (Phi) is 3.41. The van der Waals surface area contributed by atoms with Gasteiger partial charge in [0, 0.05) is 6.20 Å². The molecule has 0 bridgehead atoms. The van der Waals surface area contributed by atoms with Crippen molar-refractivity contribution in [2.75, 3.05) is 0 Å². The molecule has 0 saturated heterocycles. The predicted octanol–water partition coefficient (Wildman–Crippen LogP) is 2.29. The summed E-state index contributed by atoms with van der Waals surface area (Å²) in [7, 11) is 0. The highest BCUT2D eigenvalue weighted by atomic mass is 16.1. The van der Waals surface area contributed by atoms with Gasteiger partial charge in [-0.1, -0.05) is 12.0 Å². The maximum Gasteiger partial charge on any atom is 0.193 e. The Morgan fingerprint density at radius 3 is 2.79 bits per heavy atom. The average Bonchev–Trinajstić information content (AvgIpc) is 2.14. The second-order valence-electron chi connectivity index (χ2n) is 3.20. The maximum atomic E-state index is 11.6. The third kappa shape index (κ3) is 2.43. The van der Waals surface area contributed by atoms with Gasteiger partial charge in [0.25, 0.3) is 0 Å². The van der Waals surface area contributed by atoms with Crippen molar-refractivity contribution in [3.63, 3.8) is 0 Å². The number of hydrogen-bond acceptors (Lipinski definition) is 2. The minimum atomic E-state index is -0.00292. The molecule has 1 heterocycles. The molecule has 1 rings (SSSR count).